The smallest absolute Gasteiger partial charge is 0.169 e. The highest BCUT2D eigenvalue weighted by atomic mass is 35.5. The number of halogens is 2. The van der Waals surface area contributed by atoms with Gasteiger partial charge in [-0.2, -0.15) is 0 Å². The number of anilines is 3. The summed E-state index contributed by atoms with van der Waals surface area (Å²) in [6, 6.07) is 13.1. The molecule has 38 heavy (non-hydrogen) atoms. The van der Waals surface area contributed by atoms with Crippen molar-refractivity contribution in [1.29, 1.82) is 0 Å². The summed E-state index contributed by atoms with van der Waals surface area (Å²) in [4.78, 5) is 24.7. The number of Topliss-reactive ketones (excluding diaryl/α,β-unsaturated/α-hetero) is 1. The van der Waals surface area contributed by atoms with Crippen LogP contribution in [0, 0.1) is 18.7 Å². The summed E-state index contributed by atoms with van der Waals surface area (Å²) in [7, 11) is 0. The molecule has 1 saturated heterocycles. The first-order valence-corrected chi connectivity index (χ1v) is 13.4. The van der Waals surface area contributed by atoms with Crippen molar-refractivity contribution in [3.63, 3.8) is 0 Å². The van der Waals surface area contributed by atoms with Crippen molar-refractivity contribution >= 4 is 45.5 Å². The first-order chi connectivity index (χ1) is 18.4. The number of nitrogens with zero attached hydrogens (tertiary/aromatic N) is 3. The third-order valence-corrected chi connectivity index (χ3v) is 7.89. The molecule has 3 heterocycles. The van der Waals surface area contributed by atoms with Crippen LogP contribution in [0.15, 0.2) is 54.9 Å². The quantitative estimate of drug-likeness (QED) is 0.272. The number of pyridine rings is 2. The third kappa shape index (κ3) is 4.84. The molecule has 2 aliphatic rings. The molecule has 0 unspecified atom stereocenters. The summed E-state index contributed by atoms with van der Waals surface area (Å²) in [5.74, 6) is 0.651. The van der Waals surface area contributed by atoms with Gasteiger partial charge in [0.25, 0.3) is 0 Å². The van der Waals surface area contributed by atoms with E-state index in [1.165, 1.54) is 6.07 Å². The van der Waals surface area contributed by atoms with Crippen molar-refractivity contribution in [3.8, 4) is 11.1 Å². The lowest BCUT2D eigenvalue weighted by atomic mass is 9.98. The Morgan fingerprint density at radius 1 is 1.08 bits per heavy atom. The van der Waals surface area contributed by atoms with E-state index in [0.29, 0.717) is 27.4 Å². The van der Waals surface area contributed by atoms with Gasteiger partial charge in [0.05, 0.1) is 28.7 Å². The van der Waals surface area contributed by atoms with Gasteiger partial charge in [-0.05, 0) is 80.1 Å². The van der Waals surface area contributed by atoms with Crippen LogP contribution in [0.3, 0.4) is 0 Å². The number of carbonyl (C=O) groups excluding carboxylic acids is 1. The predicted molar refractivity (Wildman–Crippen MR) is 151 cm³/mol. The average molecular weight is 530 g/mol. The van der Waals surface area contributed by atoms with E-state index in [2.05, 4.69) is 20.2 Å². The number of nitrogens with one attached hydrogen (secondary N) is 1. The van der Waals surface area contributed by atoms with Crippen LogP contribution in [0.1, 0.15) is 41.6 Å². The van der Waals surface area contributed by atoms with E-state index in [0.717, 1.165) is 66.7 Å². The zero-order valence-electron chi connectivity index (χ0n) is 21.2. The summed E-state index contributed by atoms with van der Waals surface area (Å²) in [5.41, 5.74) is 10.7. The Labute approximate surface area is 226 Å². The molecule has 2 aromatic heterocycles. The van der Waals surface area contributed by atoms with Crippen molar-refractivity contribution in [3.05, 3.63) is 76.8 Å². The van der Waals surface area contributed by atoms with Crippen LogP contribution in [-0.4, -0.2) is 34.9 Å². The highest BCUT2D eigenvalue weighted by Crippen LogP contribution is 2.39. The molecule has 6 rings (SSSR count). The summed E-state index contributed by atoms with van der Waals surface area (Å²) in [5, 5.41) is 4.61. The standard InChI is InChI=1S/C30H29ClFN5O/c1-17-25(31)12-20(13-26(17)32)19-6-8-27-23(11-19)29(24(15-34-27)30(38)18-4-5-18)36-22-7-9-28(35-14-22)37-10-2-3-21(33)16-37/h6-9,11-15,18,21H,2-5,10,16,33H2,1H3,(H,34,36)/t21-/m0/s1. The maximum Gasteiger partial charge on any atom is 0.169 e. The van der Waals surface area contributed by atoms with Gasteiger partial charge >= 0.3 is 0 Å². The van der Waals surface area contributed by atoms with Gasteiger partial charge in [0, 0.05) is 47.2 Å². The van der Waals surface area contributed by atoms with Crippen LogP contribution >= 0.6 is 11.6 Å². The molecule has 1 aliphatic heterocycles. The largest absolute Gasteiger partial charge is 0.355 e. The zero-order valence-corrected chi connectivity index (χ0v) is 21.9. The number of aromatic nitrogens is 2. The molecule has 3 N–H and O–H groups in total. The number of nitrogens with two attached hydrogens (primary N) is 1. The summed E-state index contributed by atoms with van der Waals surface area (Å²) >= 11 is 6.28. The Hall–Kier alpha value is -3.55. The molecule has 2 fully saturated rings. The maximum atomic E-state index is 14.5. The monoisotopic (exact) mass is 529 g/mol. The number of carbonyl (C=O) groups is 1. The normalized spacial score (nSPS) is 17.6. The van der Waals surface area contributed by atoms with Crippen molar-refractivity contribution < 1.29 is 9.18 Å². The van der Waals surface area contributed by atoms with Crippen molar-refractivity contribution in [2.75, 3.05) is 23.3 Å². The summed E-state index contributed by atoms with van der Waals surface area (Å²) in [6.07, 6.45) is 7.32. The first kappa shape index (κ1) is 24.8. The number of piperidine rings is 1. The average Bonchev–Trinajstić information content (AvgIpc) is 3.77. The minimum Gasteiger partial charge on any atom is -0.355 e. The van der Waals surface area contributed by atoms with Crippen molar-refractivity contribution in [2.24, 2.45) is 11.7 Å². The molecule has 194 valence electrons. The topological polar surface area (TPSA) is 84.1 Å². The van der Waals surface area contributed by atoms with E-state index in [4.69, 9.17) is 17.3 Å². The second kappa shape index (κ2) is 9.97. The second-order valence-electron chi connectivity index (χ2n) is 10.4. The zero-order chi connectivity index (χ0) is 26.4. The lowest BCUT2D eigenvalue weighted by Gasteiger charge is -2.31. The minimum atomic E-state index is -0.359. The minimum absolute atomic E-state index is 0.0341. The number of benzene rings is 2. The fourth-order valence-corrected chi connectivity index (χ4v) is 5.29. The molecule has 6 nitrogen and oxygen atoms in total. The van der Waals surface area contributed by atoms with E-state index in [-0.39, 0.29) is 23.6 Å². The fraction of sp³-hybridized carbons (Fsp3) is 0.300. The third-order valence-electron chi connectivity index (χ3n) is 7.49. The van der Waals surface area contributed by atoms with Gasteiger partial charge in [-0.15, -0.1) is 0 Å². The van der Waals surface area contributed by atoms with E-state index in [1.54, 1.807) is 25.4 Å². The van der Waals surface area contributed by atoms with E-state index < -0.39 is 0 Å². The van der Waals surface area contributed by atoms with Crippen LogP contribution < -0.4 is 16.0 Å². The summed E-state index contributed by atoms with van der Waals surface area (Å²) < 4.78 is 14.5. The molecular weight excluding hydrogens is 501 g/mol. The van der Waals surface area contributed by atoms with Crippen LogP contribution in [0.5, 0.6) is 0 Å². The number of hydrogen-bond donors (Lipinski definition) is 2. The molecule has 1 saturated carbocycles. The Kier molecular flexibility index (Phi) is 6.50. The highest BCUT2D eigenvalue weighted by Gasteiger charge is 2.32. The molecule has 8 heteroatoms. The number of rotatable bonds is 6. The summed E-state index contributed by atoms with van der Waals surface area (Å²) in [6.45, 7) is 3.39. The Balaban J connectivity index is 1.40. The van der Waals surface area contributed by atoms with Crippen molar-refractivity contribution in [2.45, 2.75) is 38.6 Å². The molecule has 0 bridgehead atoms. The molecule has 0 spiro atoms. The van der Waals surface area contributed by atoms with Gasteiger partial charge in [-0.1, -0.05) is 17.7 Å². The Morgan fingerprint density at radius 3 is 2.63 bits per heavy atom. The van der Waals surface area contributed by atoms with Crippen LogP contribution in [0.2, 0.25) is 5.02 Å². The van der Waals surface area contributed by atoms with E-state index in [1.807, 2.05) is 30.3 Å². The molecule has 0 amide bonds. The predicted octanol–water partition coefficient (Wildman–Crippen LogP) is 6.66. The Morgan fingerprint density at radius 2 is 1.92 bits per heavy atom. The highest BCUT2D eigenvalue weighted by molar-refractivity contribution is 6.31. The van der Waals surface area contributed by atoms with E-state index >= 15 is 0 Å². The molecule has 4 aromatic rings. The fourth-order valence-electron chi connectivity index (χ4n) is 5.08. The molecule has 1 aliphatic carbocycles. The van der Waals surface area contributed by atoms with Gasteiger partial charge in [-0.25, -0.2) is 9.37 Å². The number of fused-ring (bicyclic) bond motifs is 1. The van der Waals surface area contributed by atoms with Gasteiger partial charge in [0.15, 0.2) is 5.78 Å². The first-order valence-electron chi connectivity index (χ1n) is 13.0. The molecule has 1 atom stereocenters. The van der Waals surface area contributed by atoms with Gasteiger partial charge in [0.1, 0.15) is 11.6 Å². The molecular formula is C30H29ClFN5O. The van der Waals surface area contributed by atoms with Gasteiger partial charge in [0.2, 0.25) is 0 Å². The van der Waals surface area contributed by atoms with Crippen LogP contribution in [0.4, 0.5) is 21.6 Å². The van der Waals surface area contributed by atoms with Gasteiger partial charge < -0.3 is 16.0 Å². The maximum absolute atomic E-state index is 14.5. The van der Waals surface area contributed by atoms with Crippen molar-refractivity contribution in [1.82, 2.24) is 9.97 Å². The van der Waals surface area contributed by atoms with Gasteiger partial charge in [-0.3, -0.25) is 9.78 Å². The lowest BCUT2D eigenvalue weighted by molar-refractivity contribution is 0.0968. The lowest BCUT2D eigenvalue weighted by Crippen LogP contribution is -2.43. The Bertz CT molecular complexity index is 1510. The van der Waals surface area contributed by atoms with Crippen LogP contribution in [-0.2, 0) is 0 Å². The number of ketones is 1. The molecule has 0 radical (unpaired) electrons. The second-order valence-corrected chi connectivity index (χ2v) is 10.8. The SMILES string of the molecule is Cc1c(F)cc(-c2ccc3ncc(C(=O)C4CC4)c(Nc4ccc(N5CCC[C@H](N)C5)nc4)c3c2)cc1Cl. The van der Waals surface area contributed by atoms with Crippen LogP contribution in [0.25, 0.3) is 22.0 Å². The molecule has 2 aromatic carbocycles. The van der Waals surface area contributed by atoms with E-state index in [9.17, 15) is 9.18 Å². The number of hydrogen-bond acceptors (Lipinski definition) is 6.